The number of nitrogens with one attached hydrogen (secondary N) is 1. The van der Waals surface area contributed by atoms with Crippen LogP contribution in [0.2, 0.25) is 0 Å². The molecule has 1 fully saturated rings. The third-order valence-electron chi connectivity index (χ3n) is 2.70. The number of aliphatic hydroxyl groups excluding tert-OH is 1. The highest BCUT2D eigenvalue weighted by Crippen LogP contribution is 2.14. The zero-order chi connectivity index (χ0) is 13.5. The molecular formula is C14H16N2O3. The van der Waals surface area contributed by atoms with Crippen LogP contribution in [-0.4, -0.2) is 35.3 Å². The van der Waals surface area contributed by atoms with Gasteiger partial charge < -0.3 is 15.2 Å². The molecule has 0 aliphatic carbocycles. The van der Waals surface area contributed by atoms with E-state index >= 15 is 0 Å². The zero-order valence-corrected chi connectivity index (χ0v) is 10.6. The molecule has 2 rings (SSSR count). The summed E-state index contributed by atoms with van der Waals surface area (Å²) in [6.45, 7) is 0.679. The first-order valence-electron chi connectivity index (χ1n) is 6.28. The van der Waals surface area contributed by atoms with Crippen LogP contribution in [0.15, 0.2) is 18.3 Å². The third-order valence-corrected chi connectivity index (χ3v) is 2.70. The molecule has 1 amide bonds. The minimum atomic E-state index is -0.370. The number of ether oxygens (including phenoxy) is 1. The fourth-order valence-electron chi connectivity index (χ4n) is 1.79. The van der Waals surface area contributed by atoms with Gasteiger partial charge in [-0.25, -0.2) is 4.98 Å². The molecule has 0 aromatic carbocycles. The fourth-order valence-corrected chi connectivity index (χ4v) is 1.79. The summed E-state index contributed by atoms with van der Waals surface area (Å²) in [4.78, 5) is 15.9. The number of aliphatic hydroxyl groups is 1. The van der Waals surface area contributed by atoms with Crippen molar-refractivity contribution in [1.29, 1.82) is 0 Å². The van der Waals surface area contributed by atoms with Gasteiger partial charge in [0.15, 0.2) is 0 Å². The van der Waals surface area contributed by atoms with E-state index in [1.165, 1.54) is 0 Å². The van der Waals surface area contributed by atoms with Crippen LogP contribution in [0.1, 0.15) is 24.8 Å². The van der Waals surface area contributed by atoms with Gasteiger partial charge in [0.25, 0.3) is 5.91 Å². The summed E-state index contributed by atoms with van der Waals surface area (Å²) in [5.41, 5.74) is 0.756. The lowest BCUT2D eigenvalue weighted by molar-refractivity contribution is -0.124. The van der Waals surface area contributed by atoms with Crippen molar-refractivity contribution in [3.8, 4) is 11.8 Å². The van der Waals surface area contributed by atoms with Crippen molar-refractivity contribution in [2.45, 2.75) is 25.4 Å². The highest BCUT2D eigenvalue weighted by molar-refractivity contribution is 5.93. The van der Waals surface area contributed by atoms with E-state index in [-0.39, 0.29) is 18.6 Å². The number of hydrogen-bond donors (Lipinski definition) is 2. The van der Waals surface area contributed by atoms with E-state index in [0.29, 0.717) is 18.8 Å². The topological polar surface area (TPSA) is 71.5 Å². The Kier molecular flexibility index (Phi) is 4.90. The molecule has 1 aromatic heterocycles. The Morgan fingerprint density at radius 2 is 2.53 bits per heavy atom. The summed E-state index contributed by atoms with van der Waals surface area (Å²) >= 11 is 0. The van der Waals surface area contributed by atoms with Crippen LogP contribution in [-0.2, 0) is 9.53 Å². The van der Waals surface area contributed by atoms with Crippen LogP contribution in [0.4, 0.5) is 5.82 Å². The number of hydrogen-bond acceptors (Lipinski definition) is 4. The number of amides is 1. The van der Waals surface area contributed by atoms with Crippen LogP contribution in [0.25, 0.3) is 0 Å². The first-order chi connectivity index (χ1) is 9.29. The van der Waals surface area contributed by atoms with E-state index in [4.69, 9.17) is 9.84 Å². The fraction of sp³-hybridized carbons (Fsp3) is 0.429. The lowest BCUT2D eigenvalue weighted by atomic mass is 10.2. The molecule has 1 unspecified atom stereocenters. The quantitative estimate of drug-likeness (QED) is 0.793. The van der Waals surface area contributed by atoms with Gasteiger partial charge in [-0.05, 0) is 25.0 Å². The first kappa shape index (κ1) is 13.5. The van der Waals surface area contributed by atoms with E-state index in [1.54, 1.807) is 18.3 Å². The van der Waals surface area contributed by atoms with Crippen molar-refractivity contribution >= 4 is 11.7 Å². The zero-order valence-electron chi connectivity index (χ0n) is 10.6. The number of carbonyl (C=O) groups is 1. The van der Waals surface area contributed by atoms with Crippen LogP contribution in [0.5, 0.6) is 0 Å². The Labute approximate surface area is 112 Å². The van der Waals surface area contributed by atoms with E-state index < -0.39 is 0 Å². The minimum Gasteiger partial charge on any atom is -0.395 e. The van der Waals surface area contributed by atoms with Crippen LogP contribution >= 0.6 is 0 Å². The molecule has 0 saturated carbocycles. The molecule has 100 valence electrons. The van der Waals surface area contributed by atoms with Gasteiger partial charge in [0.2, 0.25) is 0 Å². The van der Waals surface area contributed by atoms with Crippen molar-refractivity contribution in [3.63, 3.8) is 0 Å². The number of aromatic nitrogens is 1. The lowest BCUT2D eigenvalue weighted by Gasteiger charge is -2.09. The van der Waals surface area contributed by atoms with Gasteiger partial charge in [0.1, 0.15) is 11.9 Å². The predicted octanol–water partition coefficient (Wildman–Crippen LogP) is 0.933. The molecule has 5 heteroatoms. The Balaban J connectivity index is 1.98. The van der Waals surface area contributed by atoms with Crippen LogP contribution < -0.4 is 5.32 Å². The average molecular weight is 260 g/mol. The van der Waals surface area contributed by atoms with Crippen molar-refractivity contribution in [3.05, 3.63) is 23.9 Å². The molecule has 1 atom stereocenters. The summed E-state index contributed by atoms with van der Waals surface area (Å²) in [6.07, 6.45) is 3.32. The predicted molar refractivity (Wildman–Crippen MR) is 70.4 cm³/mol. The second kappa shape index (κ2) is 6.88. The van der Waals surface area contributed by atoms with Gasteiger partial charge >= 0.3 is 0 Å². The number of anilines is 1. The Morgan fingerprint density at radius 3 is 3.26 bits per heavy atom. The maximum atomic E-state index is 11.8. The van der Waals surface area contributed by atoms with Crippen LogP contribution in [0.3, 0.4) is 0 Å². The van der Waals surface area contributed by atoms with Crippen molar-refractivity contribution < 1.29 is 14.6 Å². The summed E-state index contributed by atoms with van der Waals surface area (Å²) in [5, 5.41) is 11.4. The molecule has 0 radical (unpaired) electrons. The molecule has 5 nitrogen and oxygen atoms in total. The Morgan fingerprint density at radius 1 is 1.63 bits per heavy atom. The summed E-state index contributed by atoms with van der Waals surface area (Å²) in [5.74, 6) is 6.03. The SMILES string of the molecule is O=C(Nc1cc(C#CCCO)ccn1)C1CCCO1. The molecule has 2 N–H and O–H groups in total. The average Bonchev–Trinajstić information content (AvgIpc) is 2.93. The smallest absolute Gasteiger partial charge is 0.254 e. The highest BCUT2D eigenvalue weighted by atomic mass is 16.5. The largest absolute Gasteiger partial charge is 0.395 e. The molecule has 1 aliphatic rings. The molecular weight excluding hydrogens is 244 g/mol. The van der Waals surface area contributed by atoms with Gasteiger partial charge in [-0.1, -0.05) is 11.8 Å². The van der Waals surface area contributed by atoms with E-state index in [0.717, 1.165) is 18.4 Å². The molecule has 1 saturated heterocycles. The Hall–Kier alpha value is -1.90. The monoisotopic (exact) mass is 260 g/mol. The Bertz CT molecular complexity index is 499. The summed E-state index contributed by atoms with van der Waals surface area (Å²) in [6, 6.07) is 3.46. The van der Waals surface area contributed by atoms with E-state index in [2.05, 4.69) is 22.1 Å². The molecule has 1 aliphatic heterocycles. The molecule has 2 heterocycles. The maximum Gasteiger partial charge on any atom is 0.254 e. The summed E-state index contributed by atoms with van der Waals surface area (Å²) < 4.78 is 5.30. The van der Waals surface area contributed by atoms with Crippen molar-refractivity contribution in [1.82, 2.24) is 4.98 Å². The van der Waals surface area contributed by atoms with E-state index in [9.17, 15) is 4.79 Å². The van der Waals surface area contributed by atoms with Gasteiger partial charge in [0, 0.05) is 24.8 Å². The normalized spacial score (nSPS) is 17.6. The second-order valence-corrected chi connectivity index (χ2v) is 4.20. The van der Waals surface area contributed by atoms with Crippen molar-refractivity contribution in [2.75, 3.05) is 18.5 Å². The molecule has 0 spiro atoms. The maximum absolute atomic E-state index is 11.8. The highest BCUT2D eigenvalue weighted by Gasteiger charge is 2.23. The number of rotatable bonds is 3. The van der Waals surface area contributed by atoms with E-state index in [1.807, 2.05) is 0 Å². The van der Waals surface area contributed by atoms with Gasteiger partial charge in [-0.2, -0.15) is 0 Å². The van der Waals surface area contributed by atoms with Gasteiger partial charge in [-0.15, -0.1) is 0 Å². The molecule has 1 aromatic rings. The lowest BCUT2D eigenvalue weighted by Crippen LogP contribution is -2.27. The first-order valence-corrected chi connectivity index (χ1v) is 6.28. The van der Waals surface area contributed by atoms with Crippen molar-refractivity contribution in [2.24, 2.45) is 0 Å². The second-order valence-electron chi connectivity index (χ2n) is 4.20. The molecule has 19 heavy (non-hydrogen) atoms. The van der Waals surface area contributed by atoms with Crippen LogP contribution in [0, 0.1) is 11.8 Å². The van der Waals surface area contributed by atoms with Gasteiger partial charge in [-0.3, -0.25) is 4.79 Å². The number of carbonyl (C=O) groups excluding carboxylic acids is 1. The minimum absolute atomic E-state index is 0.0424. The number of pyridine rings is 1. The third kappa shape index (κ3) is 4.05. The standard InChI is InChI=1S/C14H16N2O3/c17-8-2-1-4-11-6-7-15-13(10-11)16-14(18)12-5-3-9-19-12/h6-7,10,12,17H,2-3,5,8-9H2,(H,15,16,18). The molecule has 0 bridgehead atoms. The summed E-state index contributed by atoms with van der Waals surface area (Å²) in [7, 11) is 0. The van der Waals surface area contributed by atoms with Gasteiger partial charge in [0.05, 0.1) is 6.61 Å². The number of nitrogens with zero attached hydrogens (tertiary/aromatic N) is 1.